The predicted octanol–water partition coefficient (Wildman–Crippen LogP) is 3.59. The molecule has 0 saturated heterocycles. The van der Waals surface area contributed by atoms with E-state index >= 15 is 0 Å². The molecule has 0 spiro atoms. The highest BCUT2D eigenvalue weighted by Crippen LogP contribution is 2.25. The molecule has 0 bridgehead atoms. The molecule has 6 nitrogen and oxygen atoms in total. The highest BCUT2D eigenvalue weighted by molar-refractivity contribution is 8.00. The van der Waals surface area contributed by atoms with Crippen molar-refractivity contribution in [3.05, 3.63) is 65.7 Å². The molecule has 1 amide bonds. The Kier molecular flexibility index (Phi) is 6.93. The first-order valence-corrected chi connectivity index (χ1v) is 10.6. The van der Waals surface area contributed by atoms with E-state index in [9.17, 15) is 4.79 Å². The quantitative estimate of drug-likeness (QED) is 0.439. The van der Waals surface area contributed by atoms with E-state index in [-0.39, 0.29) is 17.2 Å². The van der Waals surface area contributed by atoms with E-state index in [1.165, 1.54) is 22.0 Å². The molecule has 2 aromatic carbocycles. The fourth-order valence-corrected chi connectivity index (χ4v) is 3.71. The van der Waals surface area contributed by atoms with Gasteiger partial charge in [0.25, 0.3) is 0 Å². The SMILES string of the molecule is Cc1ccc(-c2nnc(S[C@H](C)C(=O)N[C@H](C)CCc3ccccc3)n2N)cc1. The summed E-state index contributed by atoms with van der Waals surface area (Å²) in [7, 11) is 0. The average molecular weight is 410 g/mol. The molecule has 3 N–H and O–H groups in total. The van der Waals surface area contributed by atoms with Crippen LogP contribution in [0.3, 0.4) is 0 Å². The van der Waals surface area contributed by atoms with Gasteiger partial charge < -0.3 is 11.2 Å². The largest absolute Gasteiger partial charge is 0.353 e. The monoisotopic (exact) mass is 409 g/mol. The van der Waals surface area contributed by atoms with E-state index in [1.54, 1.807) is 0 Å². The summed E-state index contributed by atoms with van der Waals surface area (Å²) in [5.74, 6) is 6.72. The molecule has 3 aromatic rings. The molecule has 0 aliphatic rings. The average Bonchev–Trinajstić information content (AvgIpc) is 3.08. The lowest BCUT2D eigenvalue weighted by Gasteiger charge is -2.17. The van der Waals surface area contributed by atoms with Crippen LogP contribution in [-0.4, -0.2) is 32.1 Å². The van der Waals surface area contributed by atoms with Crippen molar-refractivity contribution < 1.29 is 4.79 Å². The fourth-order valence-electron chi connectivity index (χ4n) is 2.93. The van der Waals surface area contributed by atoms with E-state index in [1.807, 2.05) is 63.2 Å². The summed E-state index contributed by atoms with van der Waals surface area (Å²) in [6.07, 6.45) is 1.82. The van der Waals surface area contributed by atoms with E-state index in [4.69, 9.17) is 5.84 Å². The van der Waals surface area contributed by atoms with Gasteiger partial charge >= 0.3 is 0 Å². The summed E-state index contributed by atoms with van der Waals surface area (Å²) in [5, 5.41) is 11.6. The standard InChI is InChI=1S/C22H27N5OS/c1-15-9-13-19(14-10-15)20-25-26-22(27(20)23)29-17(3)21(28)24-16(2)11-12-18-7-5-4-6-8-18/h4-10,13-14,16-17H,11-12,23H2,1-3H3,(H,24,28)/t16-,17-/m1/s1. The Morgan fingerprint density at radius 1 is 1.10 bits per heavy atom. The van der Waals surface area contributed by atoms with Crippen LogP contribution in [0.1, 0.15) is 31.4 Å². The second kappa shape index (κ2) is 9.60. The zero-order valence-electron chi connectivity index (χ0n) is 17.0. The minimum atomic E-state index is -0.327. The molecule has 1 heterocycles. The fraction of sp³-hybridized carbons (Fsp3) is 0.318. The lowest BCUT2D eigenvalue weighted by atomic mass is 10.1. The second-order valence-corrected chi connectivity index (χ2v) is 8.54. The Balaban J connectivity index is 1.55. The van der Waals surface area contributed by atoms with Crippen LogP contribution in [0.2, 0.25) is 0 Å². The van der Waals surface area contributed by atoms with Gasteiger partial charge in [-0.3, -0.25) is 4.79 Å². The van der Waals surface area contributed by atoms with Gasteiger partial charge in [0, 0.05) is 11.6 Å². The molecule has 2 atom stereocenters. The van der Waals surface area contributed by atoms with Crippen molar-refractivity contribution in [3.8, 4) is 11.4 Å². The van der Waals surface area contributed by atoms with E-state index in [0.29, 0.717) is 11.0 Å². The van der Waals surface area contributed by atoms with E-state index in [0.717, 1.165) is 24.0 Å². The number of hydrogen-bond donors (Lipinski definition) is 2. The third kappa shape index (κ3) is 5.60. The lowest BCUT2D eigenvalue weighted by Crippen LogP contribution is -2.38. The maximum Gasteiger partial charge on any atom is 0.233 e. The van der Waals surface area contributed by atoms with Crippen LogP contribution in [-0.2, 0) is 11.2 Å². The van der Waals surface area contributed by atoms with Crippen molar-refractivity contribution in [3.63, 3.8) is 0 Å². The Bertz CT molecular complexity index is 940. The molecular weight excluding hydrogens is 382 g/mol. The van der Waals surface area contributed by atoms with Crippen molar-refractivity contribution in [2.75, 3.05) is 5.84 Å². The number of hydrogen-bond acceptors (Lipinski definition) is 5. The van der Waals surface area contributed by atoms with Crippen LogP contribution in [0.4, 0.5) is 0 Å². The number of nitrogens with zero attached hydrogens (tertiary/aromatic N) is 3. The maximum absolute atomic E-state index is 12.6. The number of thioether (sulfide) groups is 1. The van der Waals surface area contributed by atoms with Gasteiger partial charge in [-0.25, -0.2) is 4.68 Å². The van der Waals surface area contributed by atoms with Crippen molar-refractivity contribution in [1.82, 2.24) is 20.2 Å². The van der Waals surface area contributed by atoms with Gasteiger partial charge in [-0.2, -0.15) is 0 Å². The van der Waals surface area contributed by atoms with Gasteiger partial charge in [0.2, 0.25) is 11.1 Å². The highest BCUT2D eigenvalue weighted by Gasteiger charge is 2.21. The van der Waals surface area contributed by atoms with E-state index < -0.39 is 0 Å². The zero-order chi connectivity index (χ0) is 20.8. The molecule has 0 unspecified atom stereocenters. The molecule has 152 valence electrons. The number of nitrogen functional groups attached to an aromatic ring is 1. The summed E-state index contributed by atoms with van der Waals surface area (Å²) < 4.78 is 1.44. The molecular formula is C22H27N5OS. The number of benzene rings is 2. The summed E-state index contributed by atoms with van der Waals surface area (Å²) in [6, 6.07) is 18.3. The molecule has 0 saturated carbocycles. The molecule has 29 heavy (non-hydrogen) atoms. The van der Waals surface area contributed by atoms with Gasteiger partial charge in [0.15, 0.2) is 5.82 Å². The normalized spacial score (nSPS) is 13.1. The van der Waals surface area contributed by atoms with Crippen LogP contribution in [0, 0.1) is 6.92 Å². The zero-order valence-corrected chi connectivity index (χ0v) is 17.8. The van der Waals surface area contributed by atoms with Crippen LogP contribution in [0.5, 0.6) is 0 Å². The summed E-state index contributed by atoms with van der Waals surface area (Å²) in [6.45, 7) is 5.91. The third-order valence-corrected chi connectivity index (χ3v) is 5.78. The first-order valence-electron chi connectivity index (χ1n) is 9.72. The lowest BCUT2D eigenvalue weighted by molar-refractivity contribution is -0.120. The van der Waals surface area contributed by atoms with Crippen molar-refractivity contribution in [1.29, 1.82) is 0 Å². The van der Waals surface area contributed by atoms with Crippen LogP contribution in [0.25, 0.3) is 11.4 Å². The Labute approximate surface area is 175 Å². The minimum absolute atomic E-state index is 0.0320. The number of nitrogens with one attached hydrogen (secondary N) is 1. The van der Waals surface area contributed by atoms with Crippen LogP contribution >= 0.6 is 11.8 Å². The first kappa shape index (κ1) is 20.9. The summed E-state index contributed by atoms with van der Waals surface area (Å²) in [4.78, 5) is 12.6. The maximum atomic E-state index is 12.6. The van der Waals surface area contributed by atoms with Gasteiger partial charge in [0.1, 0.15) is 0 Å². The molecule has 0 fully saturated rings. The van der Waals surface area contributed by atoms with Gasteiger partial charge in [-0.1, -0.05) is 71.9 Å². The number of rotatable bonds is 8. The molecule has 0 aliphatic heterocycles. The topological polar surface area (TPSA) is 85.8 Å². The van der Waals surface area contributed by atoms with Crippen molar-refractivity contribution >= 4 is 17.7 Å². The van der Waals surface area contributed by atoms with Gasteiger partial charge in [0.05, 0.1) is 5.25 Å². The summed E-state index contributed by atoms with van der Waals surface area (Å²) >= 11 is 1.31. The van der Waals surface area contributed by atoms with Crippen molar-refractivity contribution in [2.45, 2.75) is 50.1 Å². The van der Waals surface area contributed by atoms with Crippen LogP contribution in [0.15, 0.2) is 59.8 Å². The Hall–Kier alpha value is -2.80. The summed E-state index contributed by atoms with van der Waals surface area (Å²) in [5.41, 5.74) is 3.33. The number of carbonyl (C=O) groups excluding carboxylic acids is 1. The highest BCUT2D eigenvalue weighted by atomic mass is 32.2. The Morgan fingerprint density at radius 3 is 2.48 bits per heavy atom. The smallest absolute Gasteiger partial charge is 0.233 e. The molecule has 7 heteroatoms. The van der Waals surface area contributed by atoms with E-state index in [2.05, 4.69) is 27.6 Å². The first-order chi connectivity index (χ1) is 13.9. The predicted molar refractivity (Wildman–Crippen MR) is 118 cm³/mol. The second-order valence-electron chi connectivity index (χ2n) is 7.24. The molecule has 1 aromatic heterocycles. The molecule has 0 radical (unpaired) electrons. The van der Waals surface area contributed by atoms with Crippen LogP contribution < -0.4 is 11.2 Å². The Morgan fingerprint density at radius 2 is 1.79 bits per heavy atom. The van der Waals surface area contributed by atoms with Crippen molar-refractivity contribution in [2.24, 2.45) is 0 Å². The molecule has 0 aliphatic carbocycles. The number of nitrogens with two attached hydrogens (primary N) is 1. The number of aryl methyl sites for hydroxylation is 2. The number of aromatic nitrogens is 3. The number of amides is 1. The van der Waals surface area contributed by atoms with Gasteiger partial charge in [-0.15, -0.1) is 10.2 Å². The molecule has 3 rings (SSSR count). The number of carbonyl (C=O) groups is 1. The third-order valence-electron chi connectivity index (χ3n) is 4.72. The minimum Gasteiger partial charge on any atom is -0.353 e. The van der Waals surface area contributed by atoms with Gasteiger partial charge in [-0.05, 0) is 39.2 Å².